The zero-order valence-corrected chi connectivity index (χ0v) is 13.4. The summed E-state index contributed by atoms with van der Waals surface area (Å²) in [5.41, 5.74) is 2.10. The van der Waals surface area contributed by atoms with Gasteiger partial charge in [-0.25, -0.2) is 4.79 Å². The highest BCUT2D eigenvalue weighted by atomic mass is 16.5. The van der Waals surface area contributed by atoms with Crippen molar-refractivity contribution < 1.29 is 9.53 Å². The van der Waals surface area contributed by atoms with Gasteiger partial charge in [-0.15, -0.1) is 0 Å². The van der Waals surface area contributed by atoms with Gasteiger partial charge >= 0.3 is 5.97 Å². The maximum absolute atomic E-state index is 11.7. The second-order valence-electron chi connectivity index (χ2n) is 5.17. The molecule has 0 aliphatic heterocycles. The van der Waals surface area contributed by atoms with Gasteiger partial charge in [0, 0.05) is 5.57 Å². The molecule has 0 rings (SSSR count). The fourth-order valence-corrected chi connectivity index (χ4v) is 2.31. The highest BCUT2D eigenvalue weighted by Gasteiger charge is 2.10. The Balaban J connectivity index is 3.92. The lowest BCUT2D eigenvalue weighted by atomic mass is 9.99. The van der Waals surface area contributed by atoms with Gasteiger partial charge in [0.25, 0.3) is 0 Å². The molecule has 0 fully saturated rings. The minimum atomic E-state index is -0.137. The number of esters is 1. The number of ether oxygens (including phenoxy) is 1. The summed E-state index contributed by atoms with van der Waals surface area (Å²) in [5.74, 6) is -0.137. The van der Waals surface area contributed by atoms with Crippen molar-refractivity contribution in [3.05, 3.63) is 11.1 Å². The lowest BCUT2D eigenvalue weighted by Gasteiger charge is -2.10. The SMILES string of the molecule is CCCCCCCCCC(CC)=C(C)C(=O)OCC. The van der Waals surface area contributed by atoms with Crippen LogP contribution in [0.4, 0.5) is 0 Å². The van der Waals surface area contributed by atoms with E-state index in [1.165, 1.54) is 50.5 Å². The second-order valence-corrected chi connectivity index (χ2v) is 5.17. The van der Waals surface area contributed by atoms with E-state index in [0.717, 1.165) is 18.4 Å². The van der Waals surface area contributed by atoms with Gasteiger partial charge in [0.2, 0.25) is 0 Å². The molecule has 0 bridgehead atoms. The molecular weight excluding hydrogens is 236 g/mol. The predicted octanol–water partition coefficient (Wildman–Crippen LogP) is 5.42. The van der Waals surface area contributed by atoms with Crippen LogP contribution in [0.15, 0.2) is 11.1 Å². The van der Waals surface area contributed by atoms with Crippen LogP contribution in [0.1, 0.15) is 85.5 Å². The zero-order valence-electron chi connectivity index (χ0n) is 13.4. The van der Waals surface area contributed by atoms with Gasteiger partial charge in [0.1, 0.15) is 0 Å². The number of carbonyl (C=O) groups excluding carboxylic acids is 1. The van der Waals surface area contributed by atoms with E-state index in [1.807, 2.05) is 13.8 Å². The summed E-state index contributed by atoms with van der Waals surface area (Å²) in [7, 11) is 0. The smallest absolute Gasteiger partial charge is 0.333 e. The Kier molecular flexibility index (Phi) is 11.7. The van der Waals surface area contributed by atoms with Crippen LogP contribution >= 0.6 is 0 Å². The summed E-state index contributed by atoms with van der Waals surface area (Å²) in [6, 6.07) is 0. The lowest BCUT2D eigenvalue weighted by Crippen LogP contribution is -2.07. The molecule has 0 unspecified atom stereocenters. The molecule has 2 heteroatoms. The Hall–Kier alpha value is -0.790. The molecular formula is C17H32O2. The van der Waals surface area contributed by atoms with Crippen molar-refractivity contribution in [2.24, 2.45) is 0 Å². The van der Waals surface area contributed by atoms with E-state index in [1.54, 1.807) is 0 Å². The van der Waals surface area contributed by atoms with E-state index in [2.05, 4.69) is 13.8 Å². The molecule has 0 amide bonds. The number of unbranched alkanes of at least 4 members (excludes halogenated alkanes) is 6. The summed E-state index contributed by atoms with van der Waals surface area (Å²) in [4.78, 5) is 11.7. The maximum Gasteiger partial charge on any atom is 0.333 e. The monoisotopic (exact) mass is 268 g/mol. The Bertz CT molecular complexity index is 266. The van der Waals surface area contributed by atoms with Gasteiger partial charge in [-0.05, 0) is 33.1 Å². The van der Waals surface area contributed by atoms with E-state index >= 15 is 0 Å². The van der Waals surface area contributed by atoms with E-state index in [-0.39, 0.29) is 5.97 Å². The highest BCUT2D eigenvalue weighted by molar-refractivity contribution is 5.88. The third kappa shape index (κ3) is 8.85. The van der Waals surface area contributed by atoms with Crippen LogP contribution in [0.3, 0.4) is 0 Å². The standard InChI is InChI=1S/C17H32O2/c1-5-8-9-10-11-12-13-14-16(6-2)15(4)17(18)19-7-3/h5-14H2,1-4H3. The fraction of sp³-hybridized carbons (Fsp3) is 0.824. The predicted molar refractivity (Wildman–Crippen MR) is 82.2 cm³/mol. The number of allylic oxidation sites excluding steroid dienone is 1. The molecule has 0 aromatic carbocycles. The Morgan fingerprint density at radius 2 is 1.47 bits per heavy atom. The van der Waals surface area contributed by atoms with E-state index < -0.39 is 0 Å². The molecule has 0 aromatic rings. The number of hydrogen-bond acceptors (Lipinski definition) is 2. The molecule has 112 valence electrons. The first-order valence-electron chi connectivity index (χ1n) is 8.03. The Morgan fingerprint density at radius 1 is 0.895 bits per heavy atom. The van der Waals surface area contributed by atoms with Gasteiger partial charge < -0.3 is 4.74 Å². The summed E-state index contributed by atoms with van der Waals surface area (Å²) in [5, 5.41) is 0. The van der Waals surface area contributed by atoms with Crippen molar-refractivity contribution in [3.8, 4) is 0 Å². The first-order chi connectivity index (χ1) is 9.17. The average molecular weight is 268 g/mol. The van der Waals surface area contributed by atoms with Crippen molar-refractivity contribution in [1.29, 1.82) is 0 Å². The molecule has 0 aliphatic rings. The van der Waals surface area contributed by atoms with Crippen LogP contribution in [-0.4, -0.2) is 12.6 Å². The largest absolute Gasteiger partial charge is 0.463 e. The fourth-order valence-electron chi connectivity index (χ4n) is 2.31. The van der Waals surface area contributed by atoms with Crippen LogP contribution in [0, 0.1) is 0 Å². The average Bonchev–Trinajstić information content (AvgIpc) is 2.41. The molecule has 0 aromatic heterocycles. The van der Waals surface area contributed by atoms with Crippen molar-refractivity contribution in [2.75, 3.05) is 6.61 Å². The molecule has 0 aliphatic carbocycles. The van der Waals surface area contributed by atoms with E-state index in [4.69, 9.17) is 4.74 Å². The van der Waals surface area contributed by atoms with Gasteiger partial charge in [-0.2, -0.15) is 0 Å². The third-order valence-corrected chi connectivity index (χ3v) is 3.62. The lowest BCUT2D eigenvalue weighted by molar-refractivity contribution is -0.138. The minimum absolute atomic E-state index is 0.137. The van der Waals surface area contributed by atoms with Crippen LogP contribution in [0.2, 0.25) is 0 Å². The number of carbonyl (C=O) groups is 1. The Labute approximate surface area is 119 Å². The molecule has 0 radical (unpaired) electrons. The molecule has 0 saturated carbocycles. The van der Waals surface area contributed by atoms with Crippen molar-refractivity contribution in [1.82, 2.24) is 0 Å². The summed E-state index contributed by atoms with van der Waals surface area (Å²) in [6.45, 7) is 8.59. The highest BCUT2D eigenvalue weighted by Crippen LogP contribution is 2.19. The first kappa shape index (κ1) is 18.2. The van der Waals surface area contributed by atoms with Crippen molar-refractivity contribution in [2.45, 2.75) is 85.5 Å². The topological polar surface area (TPSA) is 26.3 Å². The molecule has 0 N–H and O–H groups in total. The number of hydrogen-bond donors (Lipinski definition) is 0. The summed E-state index contributed by atoms with van der Waals surface area (Å²) >= 11 is 0. The Morgan fingerprint density at radius 3 is 2.00 bits per heavy atom. The molecule has 0 spiro atoms. The molecule has 0 heterocycles. The summed E-state index contributed by atoms with van der Waals surface area (Å²) < 4.78 is 5.06. The third-order valence-electron chi connectivity index (χ3n) is 3.62. The normalized spacial score (nSPS) is 12.2. The van der Waals surface area contributed by atoms with Gasteiger partial charge in [0.05, 0.1) is 6.61 Å². The zero-order chi connectivity index (χ0) is 14.5. The summed E-state index contributed by atoms with van der Waals surface area (Å²) in [6.07, 6.45) is 11.2. The minimum Gasteiger partial charge on any atom is -0.463 e. The van der Waals surface area contributed by atoms with Crippen molar-refractivity contribution >= 4 is 5.97 Å². The molecule has 2 nitrogen and oxygen atoms in total. The molecule has 0 saturated heterocycles. The quantitative estimate of drug-likeness (QED) is 0.284. The van der Waals surface area contributed by atoms with E-state index in [9.17, 15) is 4.79 Å². The second kappa shape index (κ2) is 12.3. The van der Waals surface area contributed by atoms with Crippen molar-refractivity contribution in [3.63, 3.8) is 0 Å². The van der Waals surface area contributed by atoms with Crippen LogP contribution < -0.4 is 0 Å². The molecule has 0 atom stereocenters. The van der Waals surface area contributed by atoms with Crippen LogP contribution in [0.5, 0.6) is 0 Å². The van der Waals surface area contributed by atoms with Gasteiger partial charge in [-0.3, -0.25) is 0 Å². The van der Waals surface area contributed by atoms with Crippen LogP contribution in [-0.2, 0) is 9.53 Å². The van der Waals surface area contributed by atoms with E-state index in [0.29, 0.717) is 6.61 Å². The van der Waals surface area contributed by atoms with Gasteiger partial charge in [-0.1, -0.05) is 57.9 Å². The number of rotatable bonds is 11. The first-order valence-corrected chi connectivity index (χ1v) is 8.03. The van der Waals surface area contributed by atoms with Gasteiger partial charge in [0.15, 0.2) is 0 Å². The maximum atomic E-state index is 11.7. The van der Waals surface area contributed by atoms with Crippen LogP contribution in [0.25, 0.3) is 0 Å². The molecule has 19 heavy (non-hydrogen) atoms.